The summed E-state index contributed by atoms with van der Waals surface area (Å²) in [6.07, 6.45) is 5.18. The molecule has 10 rings (SSSR count). The number of carbonyl (C=O) groups is 1. The highest BCUT2D eigenvalue weighted by atomic mass is 32.2. The van der Waals surface area contributed by atoms with Gasteiger partial charge in [-0.1, -0.05) is 30.3 Å². The van der Waals surface area contributed by atoms with E-state index in [1.54, 1.807) is 14.0 Å². The molecule has 3 aliphatic carbocycles. The Morgan fingerprint density at radius 2 is 1.77 bits per heavy atom. The summed E-state index contributed by atoms with van der Waals surface area (Å²) in [6.45, 7) is 7.03. The molecule has 5 aromatic rings. The summed E-state index contributed by atoms with van der Waals surface area (Å²) < 4.78 is 45.8. The molecular weight excluding hydrogens is 793 g/mol. The lowest BCUT2D eigenvalue weighted by molar-refractivity contribution is -0.122. The van der Waals surface area contributed by atoms with E-state index in [0.717, 1.165) is 76.7 Å². The van der Waals surface area contributed by atoms with Crippen LogP contribution in [0.5, 0.6) is 11.8 Å². The van der Waals surface area contributed by atoms with Gasteiger partial charge >= 0.3 is 0 Å². The Morgan fingerprint density at radius 3 is 2.54 bits per heavy atom. The van der Waals surface area contributed by atoms with Crippen molar-refractivity contribution in [3.63, 3.8) is 0 Å². The molecule has 3 aromatic carbocycles. The van der Waals surface area contributed by atoms with Crippen molar-refractivity contribution in [3.05, 3.63) is 93.5 Å². The van der Waals surface area contributed by atoms with Crippen molar-refractivity contribution in [2.75, 3.05) is 33.3 Å². The van der Waals surface area contributed by atoms with Crippen molar-refractivity contribution >= 4 is 27.0 Å². The van der Waals surface area contributed by atoms with Gasteiger partial charge in [0.15, 0.2) is 5.58 Å². The number of amides is 1. The van der Waals surface area contributed by atoms with Crippen LogP contribution >= 0.6 is 0 Å². The van der Waals surface area contributed by atoms with Crippen LogP contribution in [0.4, 0.5) is 0 Å². The normalized spacial score (nSPS) is 23.2. The summed E-state index contributed by atoms with van der Waals surface area (Å²) in [7, 11) is -2.07. The Bertz CT molecular complexity index is 2740. The summed E-state index contributed by atoms with van der Waals surface area (Å²) >= 11 is 0. The minimum atomic E-state index is -3.70. The van der Waals surface area contributed by atoms with Crippen LogP contribution in [0.15, 0.2) is 59.0 Å². The molecule has 13 nitrogen and oxygen atoms in total. The number of pyridine rings is 1. The van der Waals surface area contributed by atoms with Gasteiger partial charge in [-0.2, -0.15) is 10.2 Å². The maximum Gasteiger partial charge on any atom is 0.240 e. The van der Waals surface area contributed by atoms with Crippen LogP contribution < -0.4 is 14.2 Å². The van der Waals surface area contributed by atoms with E-state index < -0.39 is 26.6 Å². The molecule has 2 N–H and O–H groups in total. The standard InChI is InChI=1S/C47H50N6O7S/c1-27-31(33-8-5-9-36-34(33)12-14-41(36)59-42-15-10-29(45(50-42)58-3)24-52-20-17-30(54)26-52)6-4-7-32(27)46-49-39-22-37-35(38(23-48)43(39)60-46)11-13-40(37)53-21-16-28(25-53)44(55)51-61(56,57)47(2)18-19-47/h4-10,15,22,28,30,40-41,54H,11-14,16-21,24-26H2,1-3H3,(H,51,55)/t28-,30-,40-,41+/m1/s1. The first-order valence-corrected chi connectivity index (χ1v) is 22.9. The van der Waals surface area contributed by atoms with Crippen LogP contribution in [0.25, 0.3) is 33.7 Å². The van der Waals surface area contributed by atoms with Gasteiger partial charge in [-0.3, -0.25) is 19.3 Å². The van der Waals surface area contributed by atoms with E-state index in [2.05, 4.69) is 51.8 Å². The fourth-order valence-electron chi connectivity index (χ4n) is 10.1. The van der Waals surface area contributed by atoms with Gasteiger partial charge in [-0.05, 0) is 129 Å². The molecular formula is C47H50N6O7S. The van der Waals surface area contributed by atoms with E-state index in [1.807, 2.05) is 30.3 Å². The molecule has 61 heavy (non-hydrogen) atoms. The van der Waals surface area contributed by atoms with E-state index in [9.17, 15) is 23.6 Å². The molecule has 0 bridgehead atoms. The van der Waals surface area contributed by atoms with Gasteiger partial charge in [-0.15, -0.1) is 0 Å². The van der Waals surface area contributed by atoms with Crippen molar-refractivity contribution in [2.45, 2.75) is 94.8 Å². The number of likely N-dealkylation sites (tertiary alicyclic amines) is 2. The second-order valence-corrected chi connectivity index (χ2v) is 19.9. The zero-order valence-electron chi connectivity index (χ0n) is 34.7. The van der Waals surface area contributed by atoms with Crippen molar-refractivity contribution in [1.29, 1.82) is 5.26 Å². The lowest BCUT2D eigenvalue weighted by atomic mass is 9.91. The number of nitrogens with zero attached hydrogens (tertiary/aromatic N) is 5. The zero-order chi connectivity index (χ0) is 42.2. The number of nitrogens with one attached hydrogen (secondary N) is 1. The number of aliphatic hydroxyl groups excluding tert-OH is 1. The van der Waals surface area contributed by atoms with Gasteiger partial charge in [0.1, 0.15) is 23.3 Å². The molecule has 4 atom stereocenters. The van der Waals surface area contributed by atoms with Gasteiger partial charge in [-0.25, -0.2) is 13.4 Å². The maximum absolute atomic E-state index is 13.1. The predicted molar refractivity (Wildman–Crippen MR) is 228 cm³/mol. The number of oxazole rings is 1. The SMILES string of the molecule is COc1nc(O[C@H]2CCc3c(-c4cccc(-c5nc6cc7c(c(C#N)c6o5)CC[C@H]7N5CC[C@@H](C(=O)NS(=O)(=O)C6(C)CC6)C5)c4C)cccc32)ccc1CN1CC[C@@H](O)C1. The number of rotatable bonds is 11. The first-order chi connectivity index (χ1) is 29.4. The largest absolute Gasteiger partial charge is 0.481 e. The number of fused-ring (bicyclic) bond motifs is 3. The van der Waals surface area contributed by atoms with Crippen LogP contribution in [-0.2, 0) is 34.2 Å². The number of carbonyl (C=O) groups excluding carboxylic acids is 1. The smallest absolute Gasteiger partial charge is 0.240 e. The molecule has 316 valence electrons. The first kappa shape index (κ1) is 39.8. The molecule has 14 heteroatoms. The Kier molecular flexibility index (Phi) is 9.94. The zero-order valence-corrected chi connectivity index (χ0v) is 35.6. The van der Waals surface area contributed by atoms with E-state index in [1.165, 1.54) is 5.56 Å². The molecule has 2 saturated heterocycles. The Balaban J connectivity index is 0.887. The molecule has 0 radical (unpaired) electrons. The lowest BCUT2D eigenvalue weighted by Crippen LogP contribution is -2.42. The van der Waals surface area contributed by atoms with E-state index in [4.69, 9.17) is 23.9 Å². The summed E-state index contributed by atoms with van der Waals surface area (Å²) in [4.78, 5) is 27.3. The third-order valence-electron chi connectivity index (χ3n) is 13.9. The summed E-state index contributed by atoms with van der Waals surface area (Å²) in [5.41, 5.74) is 11.0. The van der Waals surface area contributed by atoms with Crippen molar-refractivity contribution in [3.8, 4) is 40.4 Å². The molecule has 1 saturated carbocycles. The number of β-amino-alcohol motifs (C(OH)–C–C–N with tert-alkyl or cyclic N) is 1. The summed E-state index contributed by atoms with van der Waals surface area (Å²) in [6, 6.07) is 20.9. The second kappa shape index (κ2) is 15.2. The maximum atomic E-state index is 13.1. The molecule has 2 aromatic heterocycles. The fraction of sp³-hybridized carbons (Fsp3) is 0.447. The molecule has 0 unspecified atom stereocenters. The van der Waals surface area contributed by atoms with Gasteiger partial charge in [0.25, 0.3) is 0 Å². The van der Waals surface area contributed by atoms with Crippen LogP contribution in [0.3, 0.4) is 0 Å². The highest BCUT2D eigenvalue weighted by Crippen LogP contribution is 2.46. The van der Waals surface area contributed by atoms with Crippen LogP contribution in [0.2, 0.25) is 0 Å². The van der Waals surface area contributed by atoms with Crippen molar-refractivity contribution in [2.24, 2.45) is 5.92 Å². The Morgan fingerprint density at radius 1 is 0.984 bits per heavy atom. The molecule has 2 aliphatic heterocycles. The second-order valence-electron chi connectivity index (χ2n) is 17.7. The lowest BCUT2D eigenvalue weighted by Gasteiger charge is -2.25. The average molecular weight is 843 g/mol. The van der Waals surface area contributed by atoms with Crippen molar-refractivity contribution < 1.29 is 32.2 Å². The number of sulfonamides is 1. The average Bonchev–Trinajstić information content (AvgIpc) is 3.86. The van der Waals surface area contributed by atoms with Crippen LogP contribution in [0.1, 0.15) is 96.5 Å². The number of benzene rings is 3. The number of ether oxygens (including phenoxy) is 2. The highest BCUT2D eigenvalue weighted by Gasteiger charge is 2.51. The fourth-order valence-corrected chi connectivity index (χ4v) is 11.4. The third-order valence-corrected chi connectivity index (χ3v) is 16.1. The molecule has 5 aliphatic rings. The predicted octanol–water partition coefficient (Wildman–Crippen LogP) is 6.69. The number of hydrogen-bond donors (Lipinski definition) is 2. The molecule has 4 heterocycles. The number of aromatic nitrogens is 2. The Hall–Kier alpha value is -5.33. The number of methoxy groups -OCH3 is 1. The first-order valence-electron chi connectivity index (χ1n) is 21.4. The van der Waals surface area contributed by atoms with Gasteiger partial charge in [0.2, 0.25) is 33.6 Å². The van der Waals surface area contributed by atoms with E-state index >= 15 is 0 Å². The van der Waals surface area contributed by atoms with Crippen LogP contribution in [0, 0.1) is 24.2 Å². The van der Waals surface area contributed by atoms with E-state index in [0.29, 0.717) is 86.2 Å². The monoisotopic (exact) mass is 842 g/mol. The van der Waals surface area contributed by atoms with Crippen molar-refractivity contribution in [1.82, 2.24) is 24.5 Å². The van der Waals surface area contributed by atoms with Gasteiger partial charge in [0.05, 0.1) is 23.9 Å². The van der Waals surface area contributed by atoms with E-state index in [-0.39, 0.29) is 18.2 Å². The third kappa shape index (κ3) is 7.05. The Labute approximate surface area is 355 Å². The minimum Gasteiger partial charge on any atom is -0.481 e. The molecule has 0 spiro atoms. The minimum absolute atomic E-state index is 0.00662. The molecule has 1 amide bonds. The van der Waals surface area contributed by atoms with Gasteiger partial charge < -0.3 is 19.0 Å². The number of hydrogen-bond acceptors (Lipinski definition) is 12. The molecule has 3 fully saturated rings. The quantitative estimate of drug-likeness (QED) is 0.145. The van der Waals surface area contributed by atoms with Crippen LogP contribution in [-0.4, -0.2) is 83.3 Å². The summed E-state index contributed by atoms with van der Waals surface area (Å²) in [5.74, 6) is 0.651. The highest BCUT2D eigenvalue weighted by molar-refractivity contribution is 7.91. The topological polar surface area (TPSA) is 171 Å². The number of aliphatic hydroxyl groups is 1. The summed E-state index contributed by atoms with van der Waals surface area (Å²) in [5, 5.41) is 20.5. The van der Waals surface area contributed by atoms with Gasteiger partial charge in [0, 0.05) is 49.4 Å². The number of nitriles is 1.